The van der Waals surface area contributed by atoms with Gasteiger partial charge in [-0.2, -0.15) is 0 Å². The molecular formula is C14H18N2O. The highest BCUT2D eigenvalue weighted by molar-refractivity contribution is 5.57. The summed E-state index contributed by atoms with van der Waals surface area (Å²) in [5.74, 6) is 1.34. The lowest BCUT2D eigenvalue weighted by Crippen LogP contribution is -2.10. The maximum atomic E-state index is 5.51. The molecule has 0 aliphatic heterocycles. The van der Waals surface area contributed by atoms with Crippen molar-refractivity contribution < 1.29 is 4.42 Å². The summed E-state index contributed by atoms with van der Waals surface area (Å²) in [5.41, 5.74) is 7.97. The number of hydrogen-bond donors (Lipinski definition) is 1. The predicted octanol–water partition coefficient (Wildman–Crippen LogP) is 3.10. The standard InChI is InChI=1S/C14H18N2O/c1-14(2,3)11-6-4-10(5-7-11)12-9-16-13(8-15)17-12/h4-7,9H,8,15H2,1-3H3. The van der Waals surface area contributed by atoms with E-state index in [4.69, 9.17) is 10.2 Å². The summed E-state index contributed by atoms with van der Waals surface area (Å²) in [6.45, 7) is 6.93. The molecule has 0 aliphatic rings. The third kappa shape index (κ3) is 2.56. The monoisotopic (exact) mass is 230 g/mol. The van der Waals surface area contributed by atoms with Gasteiger partial charge in [0.2, 0.25) is 5.89 Å². The van der Waals surface area contributed by atoms with E-state index in [1.54, 1.807) is 6.20 Å². The molecule has 1 aromatic carbocycles. The number of benzene rings is 1. The molecule has 0 radical (unpaired) electrons. The predicted molar refractivity (Wildman–Crippen MR) is 68.5 cm³/mol. The summed E-state index contributed by atoms with van der Waals surface area (Å²) in [6.07, 6.45) is 1.72. The largest absolute Gasteiger partial charge is 0.439 e. The van der Waals surface area contributed by atoms with Gasteiger partial charge in [-0.3, -0.25) is 0 Å². The minimum atomic E-state index is 0.169. The SMILES string of the molecule is CC(C)(C)c1ccc(-c2cnc(CN)o2)cc1. The first-order valence-corrected chi connectivity index (χ1v) is 5.76. The van der Waals surface area contributed by atoms with Crippen LogP contribution in [0.4, 0.5) is 0 Å². The minimum Gasteiger partial charge on any atom is -0.439 e. The molecule has 2 rings (SSSR count). The Morgan fingerprint density at radius 3 is 2.29 bits per heavy atom. The highest BCUT2D eigenvalue weighted by Gasteiger charge is 2.13. The Morgan fingerprint density at radius 2 is 1.82 bits per heavy atom. The average molecular weight is 230 g/mol. The number of aromatic nitrogens is 1. The molecule has 0 bridgehead atoms. The van der Waals surface area contributed by atoms with Crippen LogP contribution in [0.15, 0.2) is 34.9 Å². The maximum absolute atomic E-state index is 5.51. The van der Waals surface area contributed by atoms with Crippen molar-refractivity contribution in [2.45, 2.75) is 32.7 Å². The lowest BCUT2D eigenvalue weighted by Gasteiger charge is -2.18. The number of nitrogens with two attached hydrogens (primary N) is 1. The third-order valence-corrected chi connectivity index (χ3v) is 2.76. The van der Waals surface area contributed by atoms with E-state index in [1.807, 2.05) is 0 Å². The molecule has 0 saturated heterocycles. The Bertz CT molecular complexity index is 492. The Hall–Kier alpha value is -1.61. The van der Waals surface area contributed by atoms with Crippen molar-refractivity contribution in [3.63, 3.8) is 0 Å². The summed E-state index contributed by atoms with van der Waals surface area (Å²) in [7, 11) is 0. The highest BCUT2D eigenvalue weighted by Crippen LogP contribution is 2.26. The van der Waals surface area contributed by atoms with Crippen molar-refractivity contribution in [3.05, 3.63) is 41.9 Å². The summed E-state index contributed by atoms with van der Waals surface area (Å²) < 4.78 is 5.51. The van der Waals surface area contributed by atoms with E-state index in [0.717, 1.165) is 11.3 Å². The van der Waals surface area contributed by atoms with Gasteiger partial charge in [0.25, 0.3) is 0 Å². The summed E-state index contributed by atoms with van der Waals surface area (Å²) in [4.78, 5) is 4.09. The smallest absolute Gasteiger partial charge is 0.208 e. The zero-order valence-corrected chi connectivity index (χ0v) is 10.5. The average Bonchev–Trinajstić information content (AvgIpc) is 2.76. The molecule has 3 heteroatoms. The second-order valence-electron chi connectivity index (χ2n) is 5.15. The van der Waals surface area contributed by atoms with Crippen LogP contribution in [0, 0.1) is 0 Å². The van der Waals surface area contributed by atoms with E-state index in [0.29, 0.717) is 12.4 Å². The molecule has 0 saturated carbocycles. The van der Waals surface area contributed by atoms with E-state index < -0.39 is 0 Å². The molecule has 0 fully saturated rings. The summed E-state index contributed by atoms with van der Waals surface area (Å²) in [6, 6.07) is 8.36. The van der Waals surface area contributed by atoms with Crippen LogP contribution in [-0.4, -0.2) is 4.98 Å². The first-order valence-electron chi connectivity index (χ1n) is 5.76. The Morgan fingerprint density at radius 1 is 1.18 bits per heavy atom. The van der Waals surface area contributed by atoms with E-state index in [-0.39, 0.29) is 5.41 Å². The van der Waals surface area contributed by atoms with E-state index in [2.05, 4.69) is 50.0 Å². The number of hydrogen-bond acceptors (Lipinski definition) is 3. The molecule has 0 spiro atoms. The molecule has 3 nitrogen and oxygen atoms in total. The fourth-order valence-electron chi connectivity index (χ4n) is 1.67. The summed E-state index contributed by atoms with van der Waals surface area (Å²) >= 11 is 0. The van der Waals surface area contributed by atoms with Gasteiger partial charge in [0.15, 0.2) is 5.76 Å². The summed E-state index contributed by atoms with van der Waals surface area (Å²) in [5, 5.41) is 0. The minimum absolute atomic E-state index is 0.169. The fourth-order valence-corrected chi connectivity index (χ4v) is 1.67. The van der Waals surface area contributed by atoms with Gasteiger partial charge in [-0.25, -0.2) is 4.98 Å². The van der Waals surface area contributed by atoms with Gasteiger partial charge in [-0.1, -0.05) is 45.0 Å². The number of oxazole rings is 1. The van der Waals surface area contributed by atoms with Crippen molar-refractivity contribution in [2.75, 3.05) is 0 Å². The van der Waals surface area contributed by atoms with Crippen LogP contribution in [0.5, 0.6) is 0 Å². The van der Waals surface area contributed by atoms with Gasteiger partial charge < -0.3 is 10.2 Å². The van der Waals surface area contributed by atoms with Crippen LogP contribution < -0.4 is 5.73 Å². The van der Waals surface area contributed by atoms with Crippen molar-refractivity contribution >= 4 is 0 Å². The normalized spacial score (nSPS) is 11.8. The van der Waals surface area contributed by atoms with E-state index >= 15 is 0 Å². The zero-order valence-electron chi connectivity index (χ0n) is 10.5. The van der Waals surface area contributed by atoms with Crippen molar-refractivity contribution in [3.8, 4) is 11.3 Å². The van der Waals surface area contributed by atoms with Crippen LogP contribution in [0.3, 0.4) is 0 Å². The zero-order chi connectivity index (χ0) is 12.5. The molecule has 90 valence electrons. The van der Waals surface area contributed by atoms with Crippen LogP contribution in [0.2, 0.25) is 0 Å². The highest BCUT2D eigenvalue weighted by atomic mass is 16.4. The van der Waals surface area contributed by atoms with Crippen LogP contribution in [-0.2, 0) is 12.0 Å². The first-order chi connectivity index (χ1) is 8.00. The topological polar surface area (TPSA) is 52.0 Å². The second-order valence-corrected chi connectivity index (χ2v) is 5.15. The third-order valence-electron chi connectivity index (χ3n) is 2.76. The van der Waals surface area contributed by atoms with Gasteiger partial charge >= 0.3 is 0 Å². The molecule has 0 atom stereocenters. The molecular weight excluding hydrogens is 212 g/mol. The molecule has 1 aromatic heterocycles. The number of rotatable bonds is 2. The Balaban J connectivity index is 2.29. The second kappa shape index (κ2) is 4.34. The molecule has 0 aliphatic carbocycles. The molecule has 0 amide bonds. The van der Waals surface area contributed by atoms with Gasteiger partial charge in [0.05, 0.1) is 12.7 Å². The molecule has 0 unspecified atom stereocenters. The van der Waals surface area contributed by atoms with Crippen molar-refractivity contribution in [1.82, 2.24) is 4.98 Å². The quantitative estimate of drug-likeness (QED) is 0.862. The van der Waals surface area contributed by atoms with Crippen LogP contribution in [0.1, 0.15) is 32.2 Å². The van der Waals surface area contributed by atoms with Gasteiger partial charge in [0.1, 0.15) is 0 Å². The van der Waals surface area contributed by atoms with E-state index in [1.165, 1.54) is 5.56 Å². The van der Waals surface area contributed by atoms with Gasteiger partial charge in [0, 0.05) is 5.56 Å². The first kappa shape index (κ1) is 11.9. The number of nitrogens with zero attached hydrogens (tertiary/aromatic N) is 1. The lowest BCUT2D eigenvalue weighted by atomic mass is 9.86. The molecule has 2 N–H and O–H groups in total. The Labute approximate surface area is 102 Å². The van der Waals surface area contributed by atoms with Crippen LogP contribution >= 0.6 is 0 Å². The Kier molecular flexibility index (Phi) is 3.03. The molecule has 1 heterocycles. The molecule has 2 aromatic rings. The van der Waals surface area contributed by atoms with Gasteiger partial charge in [-0.15, -0.1) is 0 Å². The van der Waals surface area contributed by atoms with Crippen LogP contribution in [0.25, 0.3) is 11.3 Å². The van der Waals surface area contributed by atoms with E-state index in [9.17, 15) is 0 Å². The van der Waals surface area contributed by atoms with Crippen molar-refractivity contribution in [1.29, 1.82) is 0 Å². The van der Waals surface area contributed by atoms with Gasteiger partial charge in [-0.05, 0) is 11.0 Å². The maximum Gasteiger partial charge on any atom is 0.208 e. The lowest BCUT2D eigenvalue weighted by molar-refractivity contribution is 0.509. The van der Waals surface area contributed by atoms with Crippen molar-refractivity contribution in [2.24, 2.45) is 5.73 Å². The fraction of sp³-hybridized carbons (Fsp3) is 0.357. The molecule has 17 heavy (non-hydrogen) atoms.